The van der Waals surface area contributed by atoms with Gasteiger partial charge in [0.2, 0.25) is 0 Å². The highest BCUT2D eigenvalue weighted by molar-refractivity contribution is 5.85. The summed E-state index contributed by atoms with van der Waals surface area (Å²) >= 11 is 0. The molecule has 5 atom stereocenters. The van der Waals surface area contributed by atoms with E-state index >= 15 is 0 Å². The molecular formula is C23H34N2O2. The van der Waals surface area contributed by atoms with Gasteiger partial charge in [0, 0.05) is 54.9 Å². The predicted molar refractivity (Wildman–Crippen MR) is 110 cm³/mol. The number of hydrogen-bond donors (Lipinski definition) is 2. The molecule has 0 amide bonds. The molecule has 1 aromatic carbocycles. The largest absolute Gasteiger partial charge is 0.395 e. The van der Waals surface area contributed by atoms with Crippen molar-refractivity contribution in [3.05, 3.63) is 35.5 Å². The number of methoxy groups -OCH3 is 1. The molecule has 4 rings (SSSR count). The maximum atomic E-state index is 10.7. The van der Waals surface area contributed by atoms with E-state index in [1.165, 1.54) is 28.6 Å². The summed E-state index contributed by atoms with van der Waals surface area (Å²) in [6, 6.07) is 8.99. The first kappa shape index (κ1) is 19.0. The van der Waals surface area contributed by atoms with E-state index in [1.807, 2.05) is 0 Å². The second kappa shape index (κ2) is 7.57. The Labute approximate surface area is 162 Å². The van der Waals surface area contributed by atoms with Crippen LogP contribution in [0.5, 0.6) is 0 Å². The molecule has 0 aliphatic carbocycles. The van der Waals surface area contributed by atoms with Crippen molar-refractivity contribution in [3.63, 3.8) is 0 Å². The van der Waals surface area contributed by atoms with Gasteiger partial charge in [-0.3, -0.25) is 4.90 Å². The van der Waals surface area contributed by atoms with Crippen molar-refractivity contribution in [2.45, 2.75) is 51.0 Å². The molecule has 4 heteroatoms. The highest BCUT2D eigenvalue weighted by atomic mass is 16.5. The van der Waals surface area contributed by atoms with Gasteiger partial charge in [0.25, 0.3) is 0 Å². The van der Waals surface area contributed by atoms with E-state index in [2.05, 4.69) is 48.0 Å². The van der Waals surface area contributed by atoms with Gasteiger partial charge in [-0.05, 0) is 56.1 Å². The van der Waals surface area contributed by atoms with Gasteiger partial charge in [-0.1, -0.05) is 25.1 Å². The average Bonchev–Trinajstić information content (AvgIpc) is 3.03. The van der Waals surface area contributed by atoms with Crippen molar-refractivity contribution >= 4 is 10.9 Å². The molecule has 1 fully saturated rings. The van der Waals surface area contributed by atoms with Crippen molar-refractivity contribution in [2.75, 3.05) is 33.4 Å². The van der Waals surface area contributed by atoms with Crippen LogP contribution in [0.15, 0.2) is 24.3 Å². The summed E-state index contributed by atoms with van der Waals surface area (Å²) in [7, 11) is 1.79. The standard InChI is InChI=1S/C23H34N2O2/c1-16(9-11-27-3)12-18-13-23(15-26)17(2)25(14-18)10-8-20-19-6-4-5-7-21(19)24-22(20)23/h4-7,16-18,24,26H,8-15H2,1-3H3. The van der Waals surface area contributed by atoms with E-state index < -0.39 is 0 Å². The van der Waals surface area contributed by atoms with Gasteiger partial charge in [-0.25, -0.2) is 0 Å². The number of benzene rings is 1. The van der Waals surface area contributed by atoms with Crippen LogP contribution in [-0.2, 0) is 16.6 Å². The Kier molecular flexibility index (Phi) is 5.32. The number of aliphatic hydroxyl groups excluding tert-OH is 1. The third-order valence-corrected chi connectivity index (χ3v) is 7.29. The predicted octanol–water partition coefficient (Wildman–Crippen LogP) is 3.73. The lowest BCUT2D eigenvalue weighted by molar-refractivity contribution is 0.00462. The molecule has 2 aliphatic rings. The Morgan fingerprint density at radius 2 is 2.19 bits per heavy atom. The van der Waals surface area contributed by atoms with Gasteiger partial charge < -0.3 is 14.8 Å². The summed E-state index contributed by atoms with van der Waals surface area (Å²) in [6.07, 6.45) is 4.46. The normalized spacial score (nSPS) is 31.5. The van der Waals surface area contributed by atoms with Crippen molar-refractivity contribution in [1.82, 2.24) is 9.88 Å². The highest BCUT2D eigenvalue weighted by Gasteiger charge is 2.50. The first-order valence-corrected chi connectivity index (χ1v) is 10.5. The SMILES string of the molecule is COCCC(C)CC1CN2CCc3c([nH]c4ccccc34)C(CO)(C1)C2C. The number of nitrogens with zero attached hydrogens (tertiary/aromatic N) is 1. The summed E-state index contributed by atoms with van der Waals surface area (Å²) in [4.78, 5) is 6.37. The monoisotopic (exact) mass is 370 g/mol. The van der Waals surface area contributed by atoms with Crippen molar-refractivity contribution in [2.24, 2.45) is 11.8 Å². The molecule has 2 aromatic rings. The Morgan fingerprint density at radius 1 is 1.37 bits per heavy atom. The average molecular weight is 371 g/mol. The summed E-state index contributed by atoms with van der Waals surface area (Å²) < 4.78 is 5.28. The molecule has 5 unspecified atom stereocenters. The molecular weight excluding hydrogens is 336 g/mol. The Morgan fingerprint density at radius 3 is 2.96 bits per heavy atom. The van der Waals surface area contributed by atoms with E-state index in [1.54, 1.807) is 7.11 Å². The molecule has 0 spiro atoms. The smallest absolute Gasteiger partial charge is 0.0557 e. The van der Waals surface area contributed by atoms with Crippen LogP contribution in [-0.4, -0.2) is 54.4 Å². The van der Waals surface area contributed by atoms with Gasteiger partial charge >= 0.3 is 0 Å². The third-order valence-electron chi connectivity index (χ3n) is 7.29. The maximum absolute atomic E-state index is 10.7. The van der Waals surface area contributed by atoms with Gasteiger partial charge in [-0.2, -0.15) is 0 Å². The second-order valence-corrected chi connectivity index (χ2v) is 8.95. The molecule has 4 nitrogen and oxygen atoms in total. The molecule has 27 heavy (non-hydrogen) atoms. The Balaban J connectivity index is 1.70. The quantitative estimate of drug-likeness (QED) is 0.815. The van der Waals surface area contributed by atoms with Crippen LogP contribution >= 0.6 is 0 Å². The van der Waals surface area contributed by atoms with Crippen LogP contribution in [0, 0.1) is 11.8 Å². The number of aromatic nitrogens is 1. The van der Waals surface area contributed by atoms with Crippen LogP contribution < -0.4 is 0 Å². The van der Waals surface area contributed by atoms with Crippen LogP contribution in [0.3, 0.4) is 0 Å². The number of hydrogen-bond acceptors (Lipinski definition) is 3. The molecule has 0 saturated carbocycles. The summed E-state index contributed by atoms with van der Waals surface area (Å²) in [5, 5.41) is 12.0. The lowest BCUT2D eigenvalue weighted by atomic mass is 9.67. The number of H-pyrrole nitrogens is 1. The van der Waals surface area contributed by atoms with Gasteiger partial charge in [0.05, 0.1) is 6.61 Å². The van der Waals surface area contributed by atoms with Crippen LogP contribution in [0.2, 0.25) is 0 Å². The van der Waals surface area contributed by atoms with E-state index in [4.69, 9.17) is 4.74 Å². The molecule has 2 aliphatic heterocycles. The number of rotatable bonds is 6. The fraction of sp³-hybridized carbons (Fsp3) is 0.652. The van der Waals surface area contributed by atoms with E-state index in [-0.39, 0.29) is 12.0 Å². The maximum Gasteiger partial charge on any atom is 0.0557 e. The lowest BCUT2D eigenvalue weighted by Gasteiger charge is -2.50. The number of piperidine rings is 1. The molecule has 3 heterocycles. The number of aromatic amines is 1. The van der Waals surface area contributed by atoms with Crippen molar-refractivity contribution in [3.8, 4) is 0 Å². The number of para-hydroxylation sites is 1. The van der Waals surface area contributed by atoms with E-state index in [0.717, 1.165) is 39.0 Å². The zero-order valence-electron chi connectivity index (χ0n) is 17.0. The number of nitrogens with one attached hydrogen (secondary N) is 1. The molecule has 0 radical (unpaired) electrons. The topological polar surface area (TPSA) is 48.5 Å². The second-order valence-electron chi connectivity index (χ2n) is 8.95. The zero-order chi connectivity index (χ0) is 19.0. The Hall–Kier alpha value is -1.36. The van der Waals surface area contributed by atoms with Crippen molar-refractivity contribution < 1.29 is 9.84 Å². The molecule has 1 saturated heterocycles. The fourth-order valence-corrected chi connectivity index (χ4v) is 5.76. The van der Waals surface area contributed by atoms with E-state index in [9.17, 15) is 5.11 Å². The van der Waals surface area contributed by atoms with Crippen LogP contribution in [0.4, 0.5) is 0 Å². The summed E-state index contributed by atoms with van der Waals surface area (Å²) in [5.74, 6) is 1.28. The van der Waals surface area contributed by atoms with E-state index in [0.29, 0.717) is 17.9 Å². The number of fused-ring (bicyclic) bond motifs is 6. The molecule has 1 aromatic heterocycles. The fourth-order valence-electron chi connectivity index (χ4n) is 5.76. The number of ether oxygens (including phenoxy) is 1. The van der Waals surface area contributed by atoms with Crippen molar-refractivity contribution in [1.29, 1.82) is 0 Å². The third kappa shape index (κ3) is 3.22. The van der Waals surface area contributed by atoms with Gasteiger partial charge in [-0.15, -0.1) is 0 Å². The first-order valence-electron chi connectivity index (χ1n) is 10.5. The minimum atomic E-state index is -0.186. The van der Waals surface area contributed by atoms with Gasteiger partial charge in [0.15, 0.2) is 0 Å². The summed E-state index contributed by atoms with van der Waals surface area (Å²) in [5.41, 5.74) is 3.76. The molecule has 2 bridgehead atoms. The Bertz CT molecular complexity index is 786. The first-order chi connectivity index (χ1) is 13.1. The number of aliphatic hydroxyl groups is 1. The lowest BCUT2D eigenvalue weighted by Crippen LogP contribution is -2.57. The molecule has 2 N–H and O–H groups in total. The van der Waals surface area contributed by atoms with Crippen LogP contribution in [0.25, 0.3) is 10.9 Å². The minimum Gasteiger partial charge on any atom is -0.395 e. The molecule has 148 valence electrons. The highest BCUT2D eigenvalue weighted by Crippen LogP contribution is 2.47. The van der Waals surface area contributed by atoms with Gasteiger partial charge in [0.1, 0.15) is 0 Å². The summed E-state index contributed by atoms with van der Waals surface area (Å²) in [6.45, 7) is 7.96. The minimum absolute atomic E-state index is 0.186. The van der Waals surface area contributed by atoms with Crippen LogP contribution in [0.1, 0.15) is 44.4 Å². The zero-order valence-corrected chi connectivity index (χ0v) is 17.0.